The second-order valence-electron chi connectivity index (χ2n) is 6.15. The van der Waals surface area contributed by atoms with Gasteiger partial charge in [0.15, 0.2) is 0 Å². The molecule has 10 N–H and O–H groups in total. The van der Waals surface area contributed by atoms with E-state index in [0.29, 0.717) is 0 Å². The molecule has 0 spiro atoms. The zero-order valence-corrected chi connectivity index (χ0v) is 15.6. The van der Waals surface area contributed by atoms with Crippen LogP contribution in [0.15, 0.2) is 0 Å². The highest BCUT2D eigenvalue weighted by Gasteiger charge is 2.28. The van der Waals surface area contributed by atoms with E-state index in [1.165, 1.54) is 13.8 Å². The third kappa shape index (κ3) is 9.47. The third-order valence-corrected chi connectivity index (χ3v) is 3.50. The Labute approximate surface area is 160 Å². The van der Waals surface area contributed by atoms with Gasteiger partial charge in [0.1, 0.15) is 18.1 Å². The van der Waals surface area contributed by atoms with Gasteiger partial charge < -0.3 is 38.3 Å². The number of carboxylic acid groups (broad SMARTS) is 1. The first-order valence-electron chi connectivity index (χ1n) is 8.31. The Kier molecular flexibility index (Phi) is 10.2. The van der Waals surface area contributed by atoms with E-state index in [0.717, 1.165) is 0 Å². The third-order valence-electron chi connectivity index (χ3n) is 3.50. The number of carboxylic acids is 1. The van der Waals surface area contributed by atoms with Crippen LogP contribution in [-0.2, 0) is 28.8 Å². The van der Waals surface area contributed by atoms with Crippen molar-refractivity contribution in [2.75, 3.05) is 0 Å². The second kappa shape index (κ2) is 11.5. The zero-order chi connectivity index (χ0) is 22.0. The van der Waals surface area contributed by atoms with Crippen molar-refractivity contribution in [3.8, 4) is 0 Å². The minimum Gasteiger partial charge on any atom is -0.480 e. The molecular formula is C15H26N6O7. The van der Waals surface area contributed by atoms with Crippen LogP contribution < -0.4 is 33.2 Å². The summed E-state index contributed by atoms with van der Waals surface area (Å²) in [6, 6.07) is -4.93. The van der Waals surface area contributed by atoms with E-state index in [-0.39, 0.29) is 12.8 Å². The van der Waals surface area contributed by atoms with Crippen molar-refractivity contribution in [3.05, 3.63) is 0 Å². The Morgan fingerprint density at radius 3 is 1.79 bits per heavy atom. The molecule has 0 aromatic heterocycles. The molecule has 0 fully saturated rings. The summed E-state index contributed by atoms with van der Waals surface area (Å²) in [5.41, 5.74) is 15.4. The second-order valence-corrected chi connectivity index (χ2v) is 6.15. The molecule has 0 aliphatic rings. The number of hydrogen-bond donors (Lipinski definition) is 7. The maximum atomic E-state index is 12.3. The van der Waals surface area contributed by atoms with Crippen molar-refractivity contribution in [1.82, 2.24) is 16.0 Å². The van der Waals surface area contributed by atoms with E-state index in [2.05, 4.69) is 16.0 Å². The molecule has 5 amide bonds. The standard InChI is InChI=1S/C15H26N6O7/c1-6(16)12(24)21-9(5-11(18)23)14(26)19-7(2)13(25)20-8(15(27)28)3-4-10(17)22/h6-9H,3-5,16H2,1-2H3,(H2,17,22)(H2,18,23)(H,19,26)(H,20,25)(H,21,24)(H,27,28). The van der Waals surface area contributed by atoms with Crippen LogP contribution in [0.25, 0.3) is 0 Å². The smallest absolute Gasteiger partial charge is 0.326 e. The van der Waals surface area contributed by atoms with E-state index >= 15 is 0 Å². The van der Waals surface area contributed by atoms with Crippen LogP contribution in [-0.4, -0.2) is 64.8 Å². The minimum absolute atomic E-state index is 0.230. The monoisotopic (exact) mass is 402 g/mol. The molecule has 0 aromatic carbocycles. The lowest BCUT2D eigenvalue weighted by atomic mass is 10.1. The van der Waals surface area contributed by atoms with Gasteiger partial charge in [-0.05, 0) is 20.3 Å². The Bertz CT molecular complexity index is 636. The van der Waals surface area contributed by atoms with Crippen molar-refractivity contribution in [3.63, 3.8) is 0 Å². The number of nitrogens with one attached hydrogen (secondary N) is 3. The summed E-state index contributed by atoms with van der Waals surface area (Å²) in [4.78, 5) is 69.0. The Hall–Kier alpha value is -3.22. The molecule has 4 atom stereocenters. The van der Waals surface area contributed by atoms with E-state index < -0.39 is 66.1 Å². The lowest BCUT2D eigenvalue weighted by molar-refractivity contribution is -0.142. The summed E-state index contributed by atoms with van der Waals surface area (Å²) < 4.78 is 0. The van der Waals surface area contributed by atoms with Gasteiger partial charge in [0, 0.05) is 6.42 Å². The molecule has 158 valence electrons. The fourth-order valence-corrected chi connectivity index (χ4v) is 1.93. The molecule has 13 heteroatoms. The van der Waals surface area contributed by atoms with Gasteiger partial charge in [-0.2, -0.15) is 0 Å². The Morgan fingerprint density at radius 1 is 0.821 bits per heavy atom. The first-order chi connectivity index (χ1) is 12.8. The molecule has 4 unspecified atom stereocenters. The maximum Gasteiger partial charge on any atom is 0.326 e. The number of carbonyl (C=O) groups is 6. The van der Waals surface area contributed by atoms with Crippen molar-refractivity contribution in [2.45, 2.75) is 57.3 Å². The van der Waals surface area contributed by atoms with Gasteiger partial charge >= 0.3 is 5.97 Å². The average Bonchev–Trinajstić information content (AvgIpc) is 2.56. The number of rotatable bonds is 12. The molecule has 0 aliphatic heterocycles. The van der Waals surface area contributed by atoms with Gasteiger partial charge in [0.25, 0.3) is 0 Å². The quantitative estimate of drug-likeness (QED) is 0.169. The van der Waals surface area contributed by atoms with Crippen molar-refractivity contribution < 1.29 is 33.9 Å². The largest absolute Gasteiger partial charge is 0.480 e. The molecule has 0 bridgehead atoms. The zero-order valence-electron chi connectivity index (χ0n) is 15.6. The van der Waals surface area contributed by atoms with Crippen LogP contribution >= 0.6 is 0 Å². The SMILES string of the molecule is CC(N)C(=O)NC(CC(N)=O)C(=O)NC(C)C(=O)NC(CCC(N)=O)C(=O)O. The summed E-state index contributed by atoms with van der Waals surface area (Å²) >= 11 is 0. The number of aliphatic carboxylic acids is 1. The predicted octanol–water partition coefficient (Wildman–Crippen LogP) is -3.97. The number of hydrogen-bond acceptors (Lipinski definition) is 7. The molecule has 0 aliphatic carbocycles. The number of primary amides is 2. The van der Waals surface area contributed by atoms with Crippen molar-refractivity contribution >= 4 is 35.5 Å². The topological polar surface area (TPSA) is 237 Å². The van der Waals surface area contributed by atoms with Crippen LogP contribution in [0.5, 0.6) is 0 Å². The molecule has 0 radical (unpaired) electrons. The van der Waals surface area contributed by atoms with E-state index in [9.17, 15) is 28.8 Å². The summed E-state index contributed by atoms with van der Waals surface area (Å²) in [5.74, 6) is -5.46. The average molecular weight is 402 g/mol. The molecule has 28 heavy (non-hydrogen) atoms. The first kappa shape index (κ1) is 24.8. The van der Waals surface area contributed by atoms with Crippen LogP contribution in [0.2, 0.25) is 0 Å². The molecule has 13 nitrogen and oxygen atoms in total. The van der Waals surface area contributed by atoms with Gasteiger partial charge in [-0.3, -0.25) is 24.0 Å². The summed E-state index contributed by atoms with van der Waals surface area (Å²) in [6.45, 7) is 2.62. The van der Waals surface area contributed by atoms with Crippen molar-refractivity contribution in [1.29, 1.82) is 0 Å². The first-order valence-corrected chi connectivity index (χ1v) is 8.31. The maximum absolute atomic E-state index is 12.3. The predicted molar refractivity (Wildman–Crippen MR) is 95.0 cm³/mol. The van der Waals surface area contributed by atoms with E-state index in [1.807, 2.05) is 0 Å². The van der Waals surface area contributed by atoms with Gasteiger partial charge in [-0.15, -0.1) is 0 Å². The van der Waals surface area contributed by atoms with Gasteiger partial charge in [0.05, 0.1) is 12.5 Å². The lowest BCUT2D eigenvalue weighted by Crippen LogP contribution is -2.56. The molecule has 0 saturated carbocycles. The normalized spacial score (nSPS) is 14.7. The molecule has 0 heterocycles. The number of nitrogens with two attached hydrogens (primary N) is 3. The summed E-state index contributed by atoms with van der Waals surface area (Å²) in [5, 5.41) is 15.7. The fraction of sp³-hybridized carbons (Fsp3) is 0.600. The molecule has 0 aromatic rings. The Balaban J connectivity index is 4.98. The van der Waals surface area contributed by atoms with E-state index in [1.54, 1.807) is 0 Å². The lowest BCUT2D eigenvalue weighted by Gasteiger charge is -2.22. The molecule has 0 rings (SSSR count). The van der Waals surface area contributed by atoms with Crippen LogP contribution in [0.1, 0.15) is 33.1 Å². The highest BCUT2D eigenvalue weighted by atomic mass is 16.4. The summed E-state index contributed by atoms with van der Waals surface area (Å²) in [7, 11) is 0. The van der Waals surface area contributed by atoms with Gasteiger partial charge in [-0.1, -0.05) is 0 Å². The fourth-order valence-electron chi connectivity index (χ4n) is 1.93. The van der Waals surface area contributed by atoms with Gasteiger partial charge in [-0.25, -0.2) is 4.79 Å². The van der Waals surface area contributed by atoms with E-state index in [4.69, 9.17) is 22.3 Å². The van der Waals surface area contributed by atoms with Crippen molar-refractivity contribution in [2.24, 2.45) is 17.2 Å². The van der Waals surface area contributed by atoms with Gasteiger partial charge in [0.2, 0.25) is 29.5 Å². The highest BCUT2D eigenvalue weighted by molar-refractivity contribution is 5.95. The number of amides is 5. The highest BCUT2D eigenvalue weighted by Crippen LogP contribution is 2.00. The Morgan fingerprint density at radius 2 is 1.36 bits per heavy atom. The summed E-state index contributed by atoms with van der Waals surface area (Å²) in [6.07, 6.45) is -1.03. The minimum atomic E-state index is -1.39. The van der Waals surface area contributed by atoms with Crippen LogP contribution in [0.4, 0.5) is 0 Å². The number of carbonyl (C=O) groups excluding carboxylic acids is 5. The van der Waals surface area contributed by atoms with Crippen LogP contribution in [0.3, 0.4) is 0 Å². The van der Waals surface area contributed by atoms with Crippen LogP contribution in [0, 0.1) is 0 Å². The molecule has 0 saturated heterocycles. The molecular weight excluding hydrogens is 376 g/mol.